The summed E-state index contributed by atoms with van der Waals surface area (Å²) >= 11 is 8.90. The Balaban J connectivity index is 2.13. The van der Waals surface area contributed by atoms with E-state index >= 15 is 0 Å². The van der Waals surface area contributed by atoms with Gasteiger partial charge in [0.2, 0.25) is 15.9 Å². The van der Waals surface area contributed by atoms with Crippen molar-refractivity contribution in [1.82, 2.24) is 4.31 Å². The fourth-order valence-electron chi connectivity index (χ4n) is 2.06. The van der Waals surface area contributed by atoms with Crippen LogP contribution in [0, 0.1) is 5.82 Å². The van der Waals surface area contributed by atoms with Gasteiger partial charge in [-0.25, -0.2) is 12.8 Å². The number of sulfonamides is 1. The molecular weight excluding hydrogens is 435 g/mol. The average Bonchev–Trinajstić information content (AvgIpc) is 2.56. The van der Waals surface area contributed by atoms with Gasteiger partial charge in [0.05, 0.1) is 16.5 Å². The van der Waals surface area contributed by atoms with Crippen molar-refractivity contribution in [1.29, 1.82) is 0 Å². The molecule has 0 aliphatic carbocycles. The van der Waals surface area contributed by atoms with Crippen molar-refractivity contribution in [3.63, 3.8) is 0 Å². The maximum absolute atomic E-state index is 13.1. The Morgan fingerprint density at radius 2 is 1.88 bits per heavy atom. The molecule has 0 aliphatic rings. The van der Waals surface area contributed by atoms with E-state index in [-0.39, 0.29) is 28.7 Å². The van der Waals surface area contributed by atoms with E-state index in [0.717, 1.165) is 14.8 Å². The highest BCUT2D eigenvalue weighted by molar-refractivity contribution is 9.10. The van der Waals surface area contributed by atoms with Crippen molar-refractivity contribution in [2.75, 3.05) is 18.4 Å². The molecule has 0 saturated carbocycles. The number of nitrogens with one attached hydrogen (secondary N) is 1. The van der Waals surface area contributed by atoms with Gasteiger partial charge in [-0.1, -0.05) is 34.5 Å². The summed E-state index contributed by atoms with van der Waals surface area (Å²) in [6, 6.07) is 9.86. The average molecular weight is 450 g/mol. The third-order valence-electron chi connectivity index (χ3n) is 3.33. The second-order valence-electron chi connectivity index (χ2n) is 5.06. The molecule has 0 aliphatic heterocycles. The molecule has 0 atom stereocenters. The Morgan fingerprint density at radius 1 is 1.24 bits per heavy atom. The van der Waals surface area contributed by atoms with E-state index in [1.807, 2.05) is 0 Å². The van der Waals surface area contributed by atoms with Crippen molar-refractivity contribution in [3.8, 4) is 0 Å². The maximum Gasteiger partial charge on any atom is 0.243 e. The monoisotopic (exact) mass is 448 g/mol. The summed E-state index contributed by atoms with van der Waals surface area (Å²) in [5.74, 6) is -1.15. The molecule has 2 rings (SSSR count). The molecule has 0 spiro atoms. The van der Waals surface area contributed by atoms with Crippen LogP contribution < -0.4 is 5.32 Å². The van der Waals surface area contributed by atoms with Gasteiger partial charge in [0, 0.05) is 16.7 Å². The number of hydrogen-bond acceptors (Lipinski definition) is 3. The first-order valence-corrected chi connectivity index (χ1v) is 9.85. The van der Waals surface area contributed by atoms with E-state index in [0.29, 0.717) is 0 Å². The number of halogens is 3. The molecular formula is C16H15BrClFN2O3S. The first-order chi connectivity index (χ1) is 11.7. The molecule has 2 aromatic rings. The van der Waals surface area contributed by atoms with Crippen LogP contribution in [0.4, 0.5) is 10.1 Å². The Bertz CT molecular complexity index is 875. The van der Waals surface area contributed by atoms with Gasteiger partial charge in [-0.3, -0.25) is 4.79 Å². The molecule has 1 amide bonds. The zero-order chi connectivity index (χ0) is 18.6. The van der Waals surface area contributed by atoms with Crippen LogP contribution in [0.3, 0.4) is 0 Å². The van der Waals surface area contributed by atoms with Gasteiger partial charge < -0.3 is 5.32 Å². The molecule has 25 heavy (non-hydrogen) atoms. The van der Waals surface area contributed by atoms with Crippen molar-refractivity contribution in [2.24, 2.45) is 0 Å². The Hall–Kier alpha value is -1.48. The topological polar surface area (TPSA) is 66.5 Å². The van der Waals surface area contributed by atoms with Gasteiger partial charge >= 0.3 is 0 Å². The number of hydrogen-bond donors (Lipinski definition) is 1. The molecule has 0 fully saturated rings. The summed E-state index contributed by atoms with van der Waals surface area (Å²) in [5.41, 5.74) is 0.286. The molecule has 2 aromatic carbocycles. The van der Waals surface area contributed by atoms with Crippen LogP contribution in [-0.4, -0.2) is 31.7 Å². The van der Waals surface area contributed by atoms with E-state index in [1.54, 1.807) is 19.1 Å². The van der Waals surface area contributed by atoms with E-state index in [1.165, 1.54) is 24.3 Å². The van der Waals surface area contributed by atoms with Crippen molar-refractivity contribution in [3.05, 3.63) is 57.8 Å². The van der Waals surface area contributed by atoms with E-state index in [4.69, 9.17) is 11.6 Å². The van der Waals surface area contributed by atoms with Crippen molar-refractivity contribution < 1.29 is 17.6 Å². The Morgan fingerprint density at radius 3 is 2.44 bits per heavy atom. The minimum atomic E-state index is -3.80. The highest BCUT2D eigenvalue weighted by Gasteiger charge is 2.25. The summed E-state index contributed by atoms with van der Waals surface area (Å²) in [5, 5.41) is 2.37. The van der Waals surface area contributed by atoms with E-state index in [9.17, 15) is 17.6 Å². The normalized spacial score (nSPS) is 11.6. The molecule has 9 heteroatoms. The zero-order valence-electron chi connectivity index (χ0n) is 13.2. The summed E-state index contributed by atoms with van der Waals surface area (Å²) in [6.07, 6.45) is 0. The SMILES string of the molecule is CCN(CC(=O)Nc1ccc(F)c(Cl)c1)S(=O)(=O)c1ccc(Br)cc1. The number of anilines is 1. The zero-order valence-corrected chi connectivity index (χ0v) is 16.3. The van der Waals surface area contributed by atoms with E-state index < -0.39 is 21.7 Å². The lowest BCUT2D eigenvalue weighted by molar-refractivity contribution is -0.116. The van der Waals surface area contributed by atoms with Crippen molar-refractivity contribution >= 4 is 49.1 Å². The molecule has 0 aromatic heterocycles. The number of carbonyl (C=O) groups is 1. The molecule has 5 nitrogen and oxygen atoms in total. The fourth-order valence-corrected chi connectivity index (χ4v) is 3.91. The largest absolute Gasteiger partial charge is 0.325 e. The van der Waals surface area contributed by atoms with Crippen molar-refractivity contribution in [2.45, 2.75) is 11.8 Å². The van der Waals surface area contributed by atoms with Gasteiger partial charge in [-0.05, 0) is 42.5 Å². The molecule has 0 unspecified atom stereocenters. The lowest BCUT2D eigenvalue weighted by atomic mass is 10.3. The third-order valence-corrected chi connectivity index (χ3v) is 6.08. The Kier molecular flexibility index (Phi) is 6.56. The van der Waals surface area contributed by atoms with Crippen LogP contribution in [0.15, 0.2) is 51.8 Å². The predicted octanol–water partition coefficient (Wildman–Crippen LogP) is 3.89. The molecule has 134 valence electrons. The minimum absolute atomic E-state index is 0.0928. The van der Waals surface area contributed by atoms with Gasteiger partial charge in [0.15, 0.2) is 0 Å². The summed E-state index contributed by atoms with van der Waals surface area (Å²) in [7, 11) is -3.80. The number of carbonyl (C=O) groups excluding carboxylic acids is 1. The number of rotatable bonds is 6. The second kappa shape index (κ2) is 8.27. The van der Waals surface area contributed by atoms with Crippen LogP contribution >= 0.6 is 27.5 Å². The number of benzene rings is 2. The van der Waals surface area contributed by atoms with Gasteiger partial charge in [0.25, 0.3) is 0 Å². The lowest BCUT2D eigenvalue weighted by Gasteiger charge is -2.20. The maximum atomic E-state index is 13.1. The molecule has 0 bridgehead atoms. The summed E-state index contributed by atoms with van der Waals surface area (Å²) in [6.45, 7) is 1.39. The third kappa shape index (κ3) is 5.01. The first-order valence-electron chi connectivity index (χ1n) is 7.24. The first kappa shape index (κ1) is 19.8. The lowest BCUT2D eigenvalue weighted by Crippen LogP contribution is -2.37. The summed E-state index contributed by atoms with van der Waals surface area (Å²) < 4.78 is 40.2. The highest BCUT2D eigenvalue weighted by Crippen LogP contribution is 2.21. The smallest absolute Gasteiger partial charge is 0.243 e. The van der Waals surface area contributed by atoms with Crippen LogP contribution in [0.2, 0.25) is 5.02 Å². The predicted molar refractivity (Wildman–Crippen MR) is 98.6 cm³/mol. The van der Waals surface area contributed by atoms with Gasteiger partial charge in [-0.15, -0.1) is 0 Å². The van der Waals surface area contributed by atoms with E-state index in [2.05, 4.69) is 21.2 Å². The molecule has 1 N–H and O–H groups in total. The highest BCUT2D eigenvalue weighted by atomic mass is 79.9. The van der Waals surface area contributed by atoms with Crippen LogP contribution in [0.25, 0.3) is 0 Å². The number of amides is 1. The molecule has 0 radical (unpaired) electrons. The van der Waals surface area contributed by atoms with Gasteiger partial charge in [-0.2, -0.15) is 4.31 Å². The van der Waals surface area contributed by atoms with Crippen LogP contribution in [0.1, 0.15) is 6.92 Å². The second-order valence-corrected chi connectivity index (χ2v) is 8.32. The molecule has 0 saturated heterocycles. The van der Waals surface area contributed by atoms with Crippen LogP contribution in [0.5, 0.6) is 0 Å². The fraction of sp³-hybridized carbons (Fsp3) is 0.188. The minimum Gasteiger partial charge on any atom is -0.325 e. The Labute approximate surface area is 159 Å². The standard InChI is InChI=1S/C16H15BrClFN2O3S/c1-2-21(25(23,24)13-6-3-11(17)4-7-13)10-16(22)20-12-5-8-15(19)14(18)9-12/h3-9H,2,10H2,1H3,(H,20,22). The van der Waals surface area contributed by atoms with Gasteiger partial charge in [0.1, 0.15) is 5.82 Å². The number of nitrogens with zero attached hydrogens (tertiary/aromatic N) is 1. The quantitative estimate of drug-likeness (QED) is 0.727. The summed E-state index contributed by atoms with van der Waals surface area (Å²) in [4.78, 5) is 12.2. The van der Waals surface area contributed by atoms with Crippen LogP contribution in [-0.2, 0) is 14.8 Å². The molecule has 0 heterocycles. The number of likely N-dealkylation sites (N-methyl/N-ethyl adjacent to an activating group) is 1.